The predicted molar refractivity (Wildman–Crippen MR) is 118 cm³/mol. The standard InChI is InChI=1S/C21H28N4O3S/c1-6-10-25-20(27)19-18(15-11-14(28-5)8-9-16(15)24(19)4)23-21(25)29-12-17(26)22-13(3)7-2/h8-9,11,13H,6-7,10,12H2,1-5H3,(H,22,26)/t13-/m1/s1. The lowest BCUT2D eigenvalue weighted by Gasteiger charge is -2.13. The van der Waals surface area contributed by atoms with Crippen molar-refractivity contribution in [3.05, 3.63) is 28.6 Å². The first-order chi connectivity index (χ1) is 13.9. The minimum atomic E-state index is -0.0839. The number of carbonyl (C=O) groups is 1. The summed E-state index contributed by atoms with van der Waals surface area (Å²) in [5.74, 6) is 0.882. The second kappa shape index (κ2) is 8.90. The molecule has 0 aliphatic rings. The molecule has 1 amide bonds. The summed E-state index contributed by atoms with van der Waals surface area (Å²) in [5, 5.41) is 4.39. The lowest BCUT2D eigenvalue weighted by atomic mass is 10.2. The van der Waals surface area contributed by atoms with Crippen molar-refractivity contribution in [3.8, 4) is 5.75 Å². The van der Waals surface area contributed by atoms with Gasteiger partial charge in [0.15, 0.2) is 5.16 Å². The minimum absolute atomic E-state index is 0.0543. The van der Waals surface area contributed by atoms with Crippen molar-refractivity contribution in [1.82, 2.24) is 19.4 Å². The number of thioether (sulfide) groups is 1. The van der Waals surface area contributed by atoms with Crippen molar-refractivity contribution in [3.63, 3.8) is 0 Å². The second-order valence-electron chi connectivity index (χ2n) is 7.16. The molecule has 0 radical (unpaired) electrons. The fourth-order valence-electron chi connectivity index (χ4n) is 3.34. The molecule has 3 rings (SSSR count). The number of nitrogens with zero attached hydrogens (tertiary/aromatic N) is 3. The van der Waals surface area contributed by atoms with Crippen LogP contribution >= 0.6 is 11.8 Å². The van der Waals surface area contributed by atoms with Gasteiger partial charge in [0.1, 0.15) is 16.8 Å². The van der Waals surface area contributed by atoms with Crippen molar-refractivity contribution in [1.29, 1.82) is 0 Å². The molecular weight excluding hydrogens is 388 g/mol. The Morgan fingerprint density at radius 1 is 1.34 bits per heavy atom. The van der Waals surface area contributed by atoms with E-state index in [1.165, 1.54) is 11.8 Å². The Morgan fingerprint density at radius 3 is 2.76 bits per heavy atom. The van der Waals surface area contributed by atoms with Crippen LogP contribution in [0.5, 0.6) is 5.75 Å². The molecule has 1 aromatic carbocycles. The first-order valence-electron chi connectivity index (χ1n) is 9.90. The molecule has 0 spiro atoms. The number of carbonyl (C=O) groups excluding carboxylic acids is 1. The maximum Gasteiger partial charge on any atom is 0.278 e. The van der Waals surface area contributed by atoms with Crippen LogP contribution < -0.4 is 15.6 Å². The van der Waals surface area contributed by atoms with Gasteiger partial charge in [-0.05, 0) is 38.0 Å². The Labute approximate surface area is 174 Å². The van der Waals surface area contributed by atoms with Crippen LogP contribution in [-0.2, 0) is 18.4 Å². The van der Waals surface area contributed by atoms with Crippen LogP contribution in [0.2, 0.25) is 0 Å². The molecule has 2 aromatic heterocycles. The first-order valence-corrected chi connectivity index (χ1v) is 10.9. The maximum atomic E-state index is 13.3. The molecule has 0 bridgehead atoms. The third-order valence-electron chi connectivity index (χ3n) is 5.07. The summed E-state index contributed by atoms with van der Waals surface area (Å²) in [6.45, 7) is 6.58. The third kappa shape index (κ3) is 4.12. The number of methoxy groups -OCH3 is 1. The quantitative estimate of drug-likeness (QED) is 0.450. The zero-order valence-electron chi connectivity index (χ0n) is 17.6. The lowest BCUT2D eigenvalue weighted by Crippen LogP contribution is -2.33. The minimum Gasteiger partial charge on any atom is -0.497 e. The molecule has 3 aromatic rings. The van der Waals surface area contributed by atoms with Gasteiger partial charge in [0, 0.05) is 25.0 Å². The molecule has 0 saturated heterocycles. The van der Waals surface area contributed by atoms with Gasteiger partial charge in [0.25, 0.3) is 5.56 Å². The largest absolute Gasteiger partial charge is 0.497 e. The first kappa shape index (κ1) is 21.2. The highest BCUT2D eigenvalue weighted by Crippen LogP contribution is 2.30. The van der Waals surface area contributed by atoms with Gasteiger partial charge in [-0.3, -0.25) is 14.2 Å². The van der Waals surface area contributed by atoms with Gasteiger partial charge in [-0.2, -0.15) is 0 Å². The Morgan fingerprint density at radius 2 is 2.10 bits per heavy atom. The van der Waals surface area contributed by atoms with Crippen LogP contribution in [0.3, 0.4) is 0 Å². The number of aromatic nitrogens is 3. The fraction of sp³-hybridized carbons (Fsp3) is 0.476. The lowest BCUT2D eigenvalue weighted by molar-refractivity contribution is -0.119. The molecule has 0 unspecified atom stereocenters. The van der Waals surface area contributed by atoms with Crippen LogP contribution in [0.1, 0.15) is 33.6 Å². The van der Waals surface area contributed by atoms with Gasteiger partial charge in [-0.25, -0.2) is 4.98 Å². The zero-order chi connectivity index (χ0) is 21.1. The van der Waals surface area contributed by atoms with E-state index in [9.17, 15) is 9.59 Å². The highest BCUT2D eigenvalue weighted by Gasteiger charge is 2.19. The van der Waals surface area contributed by atoms with E-state index in [0.29, 0.717) is 28.5 Å². The normalized spacial score (nSPS) is 12.4. The third-order valence-corrected chi connectivity index (χ3v) is 6.04. The van der Waals surface area contributed by atoms with E-state index in [-0.39, 0.29) is 23.3 Å². The Balaban J connectivity index is 2.10. The fourth-order valence-corrected chi connectivity index (χ4v) is 4.17. The van der Waals surface area contributed by atoms with Crippen molar-refractivity contribution in [2.75, 3.05) is 12.9 Å². The van der Waals surface area contributed by atoms with Crippen molar-refractivity contribution >= 4 is 39.6 Å². The van der Waals surface area contributed by atoms with Gasteiger partial charge in [0.05, 0.1) is 18.4 Å². The number of benzene rings is 1. The zero-order valence-corrected chi connectivity index (χ0v) is 18.4. The molecule has 8 heteroatoms. The van der Waals surface area contributed by atoms with Gasteiger partial charge in [-0.15, -0.1) is 0 Å². The smallest absolute Gasteiger partial charge is 0.278 e. The highest BCUT2D eigenvalue weighted by atomic mass is 32.2. The molecule has 0 aliphatic heterocycles. The number of ether oxygens (including phenoxy) is 1. The van der Waals surface area contributed by atoms with Crippen molar-refractivity contribution in [2.24, 2.45) is 7.05 Å². The van der Waals surface area contributed by atoms with Gasteiger partial charge < -0.3 is 14.6 Å². The average molecular weight is 417 g/mol. The summed E-state index contributed by atoms with van der Waals surface area (Å²) in [5.41, 5.74) is 2.04. The number of aryl methyl sites for hydroxylation is 1. The Bertz CT molecular complexity index is 1100. The van der Waals surface area contributed by atoms with Crippen LogP contribution in [0.4, 0.5) is 0 Å². The van der Waals surface area contributed by atoms with Crippen LogP contribution in [-0.4, -0.2) is 38.9 Å². The van der Waals surface area contributed by atoms with Gasteiger partial charge in [-0.1, -0.05) is 25.6 Å². The molecule has 1 N–H and O–H groups in total. The van der Waals surface area contributed by atoms with E-state index in [0.717, 1.165) is 23.7 Å². The van der Waals surface area contributed by atoms with Gasteiger partial charge >= 0.3 is 0 Å². The molecule has 1 atom stereocenters. The molecule has 0 saturated carbocycles. The summed E-state index contributed by atoms with van der Waals surface area (Å²) in [7, 11) is 3.49. The molecule has 29 heavy (non-hydrogen) atoms. The molecule has 2 heterocycles. The van der Waals surface area contributed by atoms with Crippen LogP contribution in [0, 0.1) is 0 Å². The predicted octanol–water partition coefficient (Wildman–Crippen LogP) is 3.31. The molecule has 0 fully saturated rings. The number of hydrogen-bond donors (Lipinski definition) is 1. The topological polar surface area (TPSA) is 78.2 Å². The summed E-state index contributed by atoms with van der Waals surface area (Å²) >= 11 is 1.30. The van der Waals surface area contributed by atoms with E-state index < -0.39 is 0 Å². The van der Waals surface area contributed by atoms with Crippen LogP contribution in [0.25, 0.3) is 21.9 Å². The monoisotopic (exact) mass is 416 g/mol. The summed E-state index contributed by atoms with van der Waals surface area (Å²) in [6, 6.07) is 5.84. The highest BCUT2D eigenvalue weighted by molar-refractivity contribution is 7.99. The summed E-state index contributed by atoms with van der Waals surface area (Å²) in [6.07, 6.45) is 1.68. The summed E-state index contributed by atoms with van der Waals surface area (Å²) in [4.78, 5) is 30.4. The van der Waals surface area contributed by atoms with E-state index in [1.807, 2.05) is 50.6 Å². The van der Waals surface area contributed by atoms with E-state index in [2.05, 4.69) is 5.32 Å². The average Bonchev–Trinajstić information content (AvgIpc) is 3.00. The molecule has 156 valence electrons. The number of amides is 1. The van der Waals surface area contributed by atoms with Crippen molar-refractivity contribution < 1.29 is 9.53 Å². The van der Waals surface area contributed by atoms with Crippen LogP contribution in [0.15, 0.2) is 28.2 Å². The summed E-state index contributed by atoms with van der Waals surface area (Å²) < 4.78 is 8.92. The second-order valence-corrected chi connectivity index (χ2v) is 8.10. The number of fused-ring (bicyclic) bond motifs is 3. The van der Waals surface area contributed by atoms with Crippen molar-refractivity contribution in [2.45, 2.75) is 51.4 Å². The number of hydrogen-bond acceptors (Lipinski definition) is 5. The molecule has 7 nitrogen and oxygen atoms in total. The van der Waals surface area contributed by atoms with E-state index >= 15 is 0 Å². The van der Waals surface area contributed by atoms with Gasteiger partial charge in [0.2, 0.25) is 5.91 Å². The molecule has 0 aliphatic carbocycles. The van der Waals surface area contributed by atoms with E-state index in [4.69, 9.17) is 9.72 Å². The SMILES string of the molecule is CCCn1c(SCC(=O)N[C@H](C)CC)nc2c3cc(OC)ccc3n(C)c2c1=O. The van der Waals surface area contributed by atoms with E-state index in [1.54, 1.807) is 11.7 Å². The maximum absolute atomic E-state index is 13.3. The Kier molecular flexibility index (Phi) is 6.52. The number of rotatable bonds is 8. The molecular formula is C21H28N4O3S. The Hall–Kier alpha value is -2.48. The number of nitrogens with one attached hydrogen (secondary N) is 1.